The summed E-state index contributed by atoms with van der Waals surface area (Å²) in [5.41, 5.74) is 0. The van der Waals surface area contributed by atoms with E-state index in [2.05, 4.69) is 32.5 Å². The third kappa shape index (κ3) is 6.74. The highest BCUT2D eigenvalue weighted by atomic mass is 32.2. The van der Waals surface area contributed by atoms with E-state index in [1.807, 2.05) is 0 Å². The fourth-order valence-corrected chi connectivity index (χ4v) is 2.36. The first kappa shape index (κ1) is 11.4. The minimum Gasteiger partial charge on any atom is -0.162 e. The molecule has 0 amide bonds. The molecule has 1 saturated heterocycles. The van der Waals surface area contributed by atoms with Gasteiger partial charge in [-0.2, -0.15) is 11.8 Å². The van der Waals surface area contributed by atoms with E-state index in [9.17, 15) is 0 Å². The minimum absolute atomic E-state index is 1.07. The largest absolute Gasteiger partial charge is 0.162 e. The van der Waals surface area contributed by atoms with E-state index < -0.39 is 0 Å². The Labute approximate surface area is 76.1 Å². The lowest BCUT2D eigenvalue weighted by atomic mass is 10.0. The number of hydrogen-bond acceptors (Lipinski definition) is 1. The molecule has 0 bridgehead atoms. The highest BCUT2D eigenvalue weighted by Gasteiger charge is 2.09. The van der Waals surface area contributed by atoms with E-state index in [1.165, 1.54) is 37.2 Å². The van der Waals surface area contributed by atoms with Crippen LogP contribution in [-0.2, 0) is 0 Å². The van der Waals surface area contributed by atoms with Gasteiger partial charge in [0.05, 0.1) is 0 Å². The zero-order chi connectivity index (χ0) is 8.53. The van der Waals surface area contributed by atoms with Crippen molar-refractivity contribution in [1.29, 1.82) is 0 Å². The zero-order valence-corrected chi connectivity index (χ0v) is 9.04. The first-order valence-electron chi connectivity index (χ1n) is 4.92. The number of rotatable bonds is 1. The molecule has 1 rings (SSSR count). The Morgan fingerprint density at radius 2 is 1.55 bits per heavy atom. The number of thioether (sulfide) groups is 1. The average molecular weight is 174 g/mol. The Hall–Kier alpha value is 0.350. The highest BCUT2D eigenvalue weighted by molar-refractivity contribution is 7.99. The Kier molecular flexibility index (Phi) is 8.72. The summed E-state index contributed by atoms with van der Waals surface area (Å²) in [6.07, 6.45) is 5.60. The summed E-state index contributed by atoms with van der Waals surface area (Å²) in [6.45, 7) is 6.56. The second kappa shape index (κ2) is 8.45. The predicted molar refractivity (Wildman–Crippen MR) is 56.3 cm³/mol. The SMILES string of the molecule is CCC.CCC1CCSCC1. The molecule has 1 aliphatic heterocycles. The molecule has 0 atom stereocenters. The summed E-state index contributed by atoms with van der Waals surface area (Å²) in [5.74, 6) is 3.90. The van der Waals surface area contributed by atoms with Crippen molar-refractivity contribution in [2.75, 3.05) is 11.5 Å². The molecular weight excluding hydrogens is 152 g/mol. The van der Waals surface area contributed by atoms with Crippen LogP contribution in [0.3, 0.4) is 0 Å². The standard InChI is InChI=1S/C7H14S.C3H8/c1-2-7-3-5-8-6-4-7;1-3-2/h7H,2-6H2,1H3;3H2,1-2H3. The fraction of sp³-hybridized carbons (Fsp3) is 1.00. The monoisotopic (exact) mass is 174 g/mol. The van der Waals surface area contributed by atoms with Gasteiger partial charge in [-0.3, -0.25) is 0 Å². The summed E-state index contributed by atoms with van der Waals surface area (Å²) in [4.78, 5) is 0. The van der Waals surface area contributed by atoms with E-state index in [1.54, 1.807) is 0 Å². The molecule has 0 aromatic heterocycles. The first-order chi connectivity index (χ1) is 5.35. The van der Waals surface area contributed by atoms with E-state index >= 15 is 0 Å². The lowest BCUT2D eigenvalue weighted by Gasteiger charge is -2.18. The van der Waals surface area contributed by atoms with Crippen LogP contribution < -0.4 is 0 Å². The molecule has 0 radical (unpaired) electrons. The highest BCUT2D eigenvalue weighted by Crippen LogP contribution is 2.24. The summed E-state index contributed by atoms with van der Waals surface area (Å²) in [6, 6.07) is 0. The molecule has 1 heterocycles. The van der Waals surface area contributed by atoms with E-state index in [0.29, 0.717) is 0 Å². The van der Waals surface area contributed by atoms with Gasteiger partial charge in [-0.1, -0.05) is 33.6 Å². The fourth-order valence-electron chi connectivity index (χ4n) is 1.15. The van der Waals surface area contributed by atoms with Gasteiger partial charge in [-0.15, -0.1) is 0 Å². The Balaban J connectivity index is 0.000000292. The molecule has 0 aromatic carbocycles. The first-order valence-corrected chi connectivity index (χ1v) is 6.08. The van der Waals surface area contributed by atoms with Crippen LogP contribution >= 0.6 is 11.8 Å². The van der Waals surface area contributed by atoms with E-state index in [4.69, 9.17) is 0 Å². The molecule has 11 heavy (non-hydrogen) atoms. The molecule has 0 N–H and O–H groups in total. The van der Waals surface area contributed by atoms with Crippen LogP contribution in [0, 0.1) is 5.92 Å². The second-order valence-electron chi connectivity index (χ2n) is 3.17. The van der Waals surface area contributed by atoms with Crippen molar-refractivity contribution in [2.24, 2.45) is 5.92 Å². The van der Waals surface area contributed by atoms with Crippen LogP contribution in [0.5, 0.6) is 0 Å². The van der Waals surface area contributed by atoms with Crippen LogP contribution in [0.2, 0.25) is 0 Å². The zero-order valence-electron chi connectivity index (χ0n) is 8.23. The molecular formula is C10H22S. The smallest absolute Gasteiger partial charge is 0.00649 e. The molecule has 0 aromatic rings. The van der Waals surface area contributed by atoms with Gasteiger partial charge in [0.1, 0.15) is 0 Å². The lowest BCUT2D eigenvalue weighted by molar-refractivity contribution is 0.475. The Morgan fingerprint density at radius 1 is 1.09 bits per heavy atom. The molecule has 0 aliphatic carbocycles. The van der Waals surface area contributed by atoms with Gasteiger partial charge in [0.25, 0.3) is 0 Å². The Morgan fingerprint density at radius 3 is 1.82 bits per heavy atom. The summed E-state index contributed by atoms with van der Waals surface area (Å²) >= 11 is 2.11. The predicted octanol–water partition coefficient (Wildman–Crippen LogP) is 3.96. The van der Waals surface area contributed by atoms with Crippen LogP contribution in [0.4, 0.5) is 0 Å². The quantitative estimate of drug-likeness (QED) is 0.580. The van der Waals surface area contributed by atoms with Crippen molar-refractivity contribution in [3.05, 3.63) is 0 Å². The van der Waals surface area contributed by atoms with Crippen LogP contribution in [-0.4, -0.2) is 11.5 Å². The van der Waals surface area contributed by atoms with Crippen molar-refractivity contribution in [2.45, 2.75) is 46.5 Å². The lowest BCUT2D eigenvalue weighted by Crippen LogP contribution is -2.07. The molecule has 0 unspecified atom stereocenters. The number of hydrogen-bond donors (Lipinski definition) is 0. The second-order valence-corrected chi connectivity index (χ2v) is 4.40. The van der Waals surface area contributed by atoms with Gasteiger partial charge in [0.15, 0.2) is 0 Å². The molecule has 0 saturated carbocycles. The maximum atomic E-state index is 2.31. The maximum absolute atomic E-state index is 2.31. The third-order valence-electron chi connectivity index (χ3n) is 1.92. The average Bonchev–Trinajstić information content (AvgIpc) is 2.08. The van der Waals surface area contributed by atoms with E-state index in [-0.39, 0.29) is 0 Å². The van der Waals surface area contributed by atoms with Gasteiger partial charge in [-0.25, -0.2) is 0 Å². The third-order valence-corrected chi connectivity index (χ3v) is 2.97. The molecule has 0 spiro atoms. The van der Waals surface area contributed by atoms with Crippen molar-refractivity contribution >= 4 is 11.8 Å². The van der Waals surface area contributed by atoms with Crippen molar-refractivity contribution in [3.8, 4) is 0 Å². The molecule has 1 aliphatic rings. The summed E-state index contributed by atoms with van der Waals surface area (Å²) in [5, 5.41) is 0. The van der Waals surface area contributed by atoms with Crippen LogP contribution in [0.15, 0.2) is 0 Å². The molecule has 1 fully saturated rings. The molecule has 0 nitrogen and oxygen atoms in total. The topological polar surface area (TPSA) is 0 Å². The van der Waals surface area contributed by atoms with Crippen LogP contribution in [0.1, 0.15) is 46.5 Å². The van der Waals surface area contributed by atoms with Gasteiger partial charge < -0.3 is 0 Å². The Bertz CT molecular complexity index is 65.3. The van der Waals surface area contributed by atoms with E-state index in [0.717, 1.165) is 5.92 Å². The van der Waals surface area contributed by atoms with Gasteiger partial charge in [0, 0.05) is 0 Å². The van der Waals surface area contributed by atoms with Crippen molar-refractivity contribution < 1.29 is 0 Å². The van der Waals surface area contributed by atoms with Gasteiger partial charge >= 0.3 is 0 Å². The van der Waals surface area contributed by atoms with Crippen LogP contribution in [0.25, 0.3) is 0 Å². The van der Waals surface area contributed by atoms with Gasteiger partial charge in [-0.05, 0) is 30.3 Å². The van der Waals surface area contributed by atoms with Crippen molar-refractivity contribution in [1.82, 2.24) is 0 Å². The molecule has 68 valence electrons. The van der Waals surface area contributed by atoms with Gasteiger partial charge in [0.2, 0.25) is 0 Å². The minimum atomic E-state index is 1.07. The maximum Gasteiger partial charge on any atom is -0.00649 e. The summed E-state index contributed by atoms with van der Waals surface area (Å²) < 4.78 is 0. The van der Waals surface area contributed by atoms with Crippen molar-refractivity contribution in [3.63, 3.8) is 0 Å². The summed E-state index contributed by atoms with van der Waals surface area (Å²) in [7, 11) is 0. The normalized spacial score (nSPS) is 18.8. The molecule has 1 heteroatoms.